The van der Waals surface area contributed by atoms with E-state index in [0.717, 1.165) is 28.0 Å². The zero-order valence-corrected chi connectivity index (χ0v) is 17.8. The molecule has 4 rings (SSSR count). The molecule has 0 fully saturated rings. The number of benzene rings is 3. The molecule has 5 nitrogen and oxygen atoms in total. The van der Waals surface area contributed by atoms with Gasteiger partial charge in [0.1, 0.15) is 12.4 Å². The summed E-state index contributed by atoms with van der Waals surface area (Å²) in [5.74, 6) is 2.17. The fourth-order valence-corrected chi connectivity index (χ4v) is 3.46. The molecule has 0 atom stereocenters. The Kier molecular flexibility index (Phi) is 6.21. The summed E-state index contributed by atoms with van der Waals surface area (Å²) in [6, 6.07) is 20.0. The molecule has 0 saturated carbocycles. The lowest BCUT2D eigenvalue weighted by Gasteiger charge is -2.14. The highest BCUT2D eigenvalue weighted by molar-refractivity contribution is 6.31. The smallest absolute Gasteiger partial charge is 0.163 e. The van der Waals surface area contributed by atoms with Gasteiger partial charge in [-0.3, -0.25) is 0 Å². The zero-order valence-electron chi connectivity index (χ0n) is 17.0. The van der Waals surface area contributed by atoms with Crippen LogP contribution in [-0.2, 0) is 19.7 Å². The van der Waals surface area contributed by atoms with E-state index in [2.05, 4.69) is 46.5 Å². The van der Waals surface area contributed by atoms with E-state index in [1.807, 2.05) is 36.4 Å². The van der Waals surface area contributed by atoms with Gasteiger partial charge >= 0.3 is 0 Å². The van der Waals surface area contributed by atoms with Gasteiger partial charge in [-0.2, -0.15) is 0 Å². The molecule has 2 N–H and O–H groups in total. The first-order valence-corrected chi connectivity index (χ1v) is 10.2. The van der Waals surface area contributed by atoms with Crippen LogP contribution in [0.15, 0.2) is 60.7 Å². The minimum absolute atomic E-state index is 0.455. The fourth-order valence-electron chi connectivity index (χ4n) is 3.24. The van der Waals surface area contributed by atoms with Gasteiger partial charge in [-0.15, -0.1) is 0 Å². The molecule has 0 amide bonds. The average Bonchev–Trinajstić information content (AvgIpc) is 3.17. The van der Waals surface area contributed by atoms with Crippen LogP contribution < -0.4 is 14.8 Å². The number of nitrogens with one attached hydrogen (secondary N) is 2. The number of halogens is 1. The van der Waals surface area contributed by atoms with Gasteiger partial charge in [0, 0.05) is 17.6 Å². The van der Waals surface area contributed by atoms with Gasteiger partial charge in [0.25, 0.3) is 0 Å². The van der Waals surface area contributed by atoms with E-state index in [9.17, 15) is 0 Å². The molecule has 0 spiro atoms. The predicted octanol–water partition coefficient (Wildman–Crippen LogP) is 5.40. The number of H-pyrrole nitrogens is 1. The first kappa shape index (κ1) is 20.3. The normalized spacial score (nSPS) is 11.0. The lowest BCUT2D eigenvalue weighted by molar-refractivity contribution is 0.284. The number of hydrogen-bond acceptors (Lipinski definition) is 4. The maximum absolute atomic E-state index is 6.51. The minimum Gasteiger partial charge on any atom is -0.493 e. The van der Waals surface area contributed by atoms with Crippen LogP contribution in [0.1, 0.15) is 22.5 Å². The monoisotopic (exact) mass is 421 g/mol. The fraction of sp³-hybridized carbons (Fsp3) is 0.208. The number of methoxy groups -OCH3 is 1. The van der Waals surface area contributed by atoms with Crippen LogP contribution in [0.25, 0.3) is 11.0 Å². The van der Waals surface area contributed by atoms with E-state index in [1.54, 1.807) is 7.11 Å². The molecule has 6 heteroatoms. The molecule has 1 aromatic heterocycles. The van der Waals surface area contributed by atoms with E-state index >= 15 is 0 Å². The summed E-state index contributed by atoms with van der Waals surface area (Å²) in [7, 11) is 1.63. The number of ether oxygens (including phenoxy) is 2. The van der Waals surface area contributed by atoms with E-state index in [-0.39, 0.29) is 0 Å². The van der Waals surface area contributed by atoms with Gasteiger partial charge in [-0.05, 0) is 36.2 Å². The molecule has 0 radical (unpaired) electrons. The van der Waals surface area contributed by atoms with Crippen LogP contribution in [0.5, 0.6) is 11.5 Å². The molecule has 0 aliphatic rings. The summed E-state index contributed by atoms with van der Waals surface area (Å²) >= 11 is 6.51. The second-order valence-corrected chi connectivity index (χ2v) is 7.58. The van der Waals surface area contributed by atoms with Gasteiger partial charge in [0.2, 0.25) is 0 Å². The lowest BCUT2D eigenvalue weighted by Crippen LogP contribution is -2.14. The number of fused-ring (bicyclic) bond motifs is 1. The average molecular weight is 422 g/mol. The first-order valence-electron chi connectivity index (χ1n) is 9.81. The van der Waals surface area contributed by atoms with Crippen molar-refractivity contribution in [2.24, 2.45) is 0 Å². The molecule has 30 heavy (non-hydrogen) atoms. The molecule has 0 bridgehead atoms. The molecule has 3 aromatic carbocycles. The van der Waals surface area contributed by atoms with Crippen LogP contribution in [0, 0.1) is 6.92 Å². The van der Waals surface area contributed by atoms with Crippen molar-refractivity contribution in [3.63, 3.8) is 0 Å². The highest BCUT2D eigenvalue weighted by Crippen LogP contribution is 2.34. The maximum atomic E-state index is 6.51. The molecule has 0 aliphatic heterocycles. The number of aromatic nitrogens is 2. The minimum atomic E-state index is 0.455. The molecule has 0 aliphatic carbocycles. The highest BCUT2D eigenvalue weighted by Gasteiger charge is 2.11. The first-order chi connectivity index (χ1) is 14.6. The topological polar surface area (TPSA) is 59.2 Å². The Morgan fingerprint density at radius 1 is 1.00 bits per heavy atom. The summed E-state index contributed by atoms with van der Waals surface area (Å²) in [5, 5.41) is 4.01. The second-order valence-electron chi connectivity index (χ2n) is 7.17. The Morgan fingerprint density at radius 2 is 1.80 bits per heavy atom. The van der Waals surface area contributed by atoms with Crippen molar-refractivity contribution in [2.75, 3.05) is 7.11 Å². The summed E-state index contributed by atoms with van der Waals surface area (Å²) in [6.45, 7) is 3.72. The van der Waals surface area contributed by atoms with Gasteiger partial charge in [-0.1, -0.05) is 53.6 Å². The van der Waals surface area contributed by atoms with Gasteiger partial charge < -0.3 is 19.8 Å². The number of aromatic amines is 1. The Balaban J connectivity index is 1.40. The van der Waals surface area contributed by atoms with Gasteiger partial charge in [-0.25, -0.2) is 4.98 Å². The summed E-state index contributed by atoms with van der Waals surface area (Å²) in [6.07, 6.45) is 0. The molecule has 0 unspecified atom stereocenters. The highest BCUT2D eigenvalue weighted by atomic mass is 35.5. The molecule has 4 aromatic rings. The Labute approximate surface area is 181 Å². The van der Waals surface area contributed by atoms with Crippen molar-refractivity contribution in [1.29, 1.82) is 0 Å². The standard InChI is InChI=1S/C24H24ClN3O2/c1-16-7-9-17(10-8-16)15-30-23-12-19(25)18(11-22(23)29-2)13-26-14-24-27-20-5-3-4-6-21(20)28-24/h3-12,26H,13-15H2,1-2H3,(H,27,28). The zero-order chi connectivity index (χ0) is 20.9. The quantitative estimate of drug-likeness (QED) is 0.399. The number of hydrogen-bond donors (Lipinski definition) is 2. The third-order valence-corrected chi connectivity index (χ3v) is 5.25. The summed E-state index contributed by atoms with van der Waals surface area (Å²) < 4.78 is 11.5. The molecule has 154 valence electrons. The number of imidazole rings is 1. The second kappa shape index (κ2) is 9.20. The van der Waals surface area contributed by atoms with Crippen molar-refractivity contribution in [3.8, 4) is 11.5 Å². The molecule has 1 heterocycles. The Hall–Kier alpha value is -3.02. The van der Waals surface area contributed by atoms with Gasteiger partial charge in [0.05, 0.1) is 24.7 Å². The molecular formula is C24H24ClN3O2. The van der Waals surface area contributed by atoms with Crippen molar-refractivity contribution < 1.29 is 9.47 Å². The largest absolute Gasteiger partial charge is 0.493 e. The summed E-state index contributed by atoms with van der Waals surface area (Å²) in [5.41, 5.74) is 5.25. The Bertz CT molecular complexity index is 1110. The van der Waals surface area contributed by atoms with E-state index < -0.39 is 0 Å². The van der Waals surface area contributed by atoms with Crippen LogP contribution in [-0.4, -0.2) is 17.1 Å². The van der Waals surface area contributed by atoms with Crippen molar-refractivity contribution in [2.45, 2.75) is 26.6 Å². The lowest BCUT2D eigenvalue weighted by atomic mass is 10.1. The molecule has 0 saturated heterocycles. The van der Waals surface area contributed by atoms with Gasteiger partial charge in [0.15, 0.2) is 11.5 Å². The van der Waals surface area contributed by atoms with E-state index in [4.69, 9.17) is 21.1 Å². The van der Waals surface area contributed by atoms with Crippen LogP contribution in [0.3, 0.4) is 0 Å². The van der Waals surface area contributed by atoms with Crippen molar-refractivity contribution in [1.82, 2.24) is 15.3 Å². The van der Waals surface area contributed by atoms with Crippen LogP contribution in [0.4, 0.5) is 0 Å². The van der Waals surface area contributed by atoms with Crippen LogP contribution in [0.2, 0.25) is 5.02 Å². The number of nitrogens with zero attached hydrogens (tertiary/aromatic N) is 1. The Morgan fingerprint density at radius 3 is 2.57 bits per heavy atom. The number of rotatable bonds is 8. The number of aryl methyl sites for hydroxylation is 1. The predicted molar refractivity (Wildman–Crippen MR) is 120 cm³/mol. The summed E-state index contributed by atoms with van der Waals surface area (Å²) in [4.78, 5) is 7.89. The van der Waals surface area contributed by atoms with Crippen LogP contribution >= 0.6 is 11.6 Å². The van der Waals surface area contributed by atoms with E-state index in [1.165, 1.54) is 5.56 Å². The maximum Gasteiger partial charge on any atom is 0.163 e. The SMILES string of the molecule is COc1cc(CNCc2nc3ccccc3[nH]2)c(Cl)cc1OCc1ccc(C)cc1. The van der Waals surface area contributed by atoms with E-state index in [0.29, 0.717) is 36.2 Å². The van der Waals surface area contributed by atoms with Crippen molar-refractivity contribution in [3.05, 3.63) is 88.2 Å². The third-order valence-electron chi connectivity index (χ3n) is 4.89. The molecular weight excluding hydrogens is 398 g/mol. The number of para-hydroxylation sites is 2. The van der Waals surface area contributed by atoms with Crippen molar-refractivity contribution >= 4 is 22.6 Å². The third kappa shape index (κ3) is 4.75.